The summed E-state index contributed by atoms with van der Waals surface area (Å²) in [5, 5.41) is 9.77. The molecule has 2 heterocycles. The Hall–Kier alpha value is -4.18. The number of urea groups is 1. The van der Waals surface area contributed by atoms with Gasteiger partial charge in [-0.25, -0.2) is 19.0 Å². The summed E-state index contributed by atoms with van der Waals surface area (Å²) in [6.45, 7) is 2.45. The fourth-order valence-corrected chi connectivity index (χ4v) is 5.48. The molecule has 0 radical (unpaired) electrons. The summed E-state index contributed by atoms with van der Waals surface area (Å²) in [6.07, 6.45) is 0.593. The number of thiazole rings is 1. The number of carbonyl (C=O) groups is 2. The number of amides is 2. The molecule has 5 rings (SSSR count). The summed E-state index contributed by atoms with van der Waals surface area (Å²) in [5.74, 6) is -0.568. The number of halogens is 1. The zero-order valence-electron chi connectivity index (χ0n) is 20.8. The standard InChI is InChI=1S/C28H27FN4O4S/c1-37-22-10-8-19(9-11-22)12-13-33(27-30-24-7-3-6-23(29)25(24)38-27)28(36)32-16-14-31(15-17-32)21-5-2-4-20(18-21)26(34)35/h2-11,18H,12-17H2,1H3,(H,34,35). The highest BCUT2D eigenvalue weighted by Gasteiger charge is 2.28. The summed E-state index contributed by atoms with van der Waals surface area (Å²) in [7, 11) is 1.62. The zero-order chi connectivity index (χ0) is 26.6. The van der Waals surface area contributed by atoms with Gasteiger partial charge in [0.05, 0.1) is 22.9 Å². The fourth-order valence-electron chi connectivity index (χ4n) is 4.49. The van der Waals surface area contributed by atoms with Crippen LogP contribution in [-0.4, -0.2) is 66.8 Å². The summed E-state index contributed by atoms with van der Waals surface area (Å²) >= 11 is 1.17. The second-order valence-corrected chi connectivity index (χ2v) is 9.92. The highest BCUT2D eigenvalue weighted by atomic mass is 32.1. The predicted molar refractivity (Wildman–Crippen MR) is 146 cm³/mol. The molecule has 0 saturated carbocycles. The summed E-state index contributed by atoms with van der Waals surface area (Å²) in [5.41, 5.74) is 2.61. The number of aromatic carboxylic acids is 1. The quantitative estimate of drug-likeness (QED) is 0.354. The number of piperazine rings is 1. The highest BCUT2D eigenvalue weighted by molar-refractivity contribution is 7.22. The lowest BCUT2D eigenvalue weighted by atomic mass is 10.1. The van der Waals surface area contributed by atoms with Crippen molar-refractivity contribution in [2.45, 2.75) is 6.42 Å². The largest absolute Gasteiger partial charge is 0.497 e. The molecule has 0 spiro atoms. The van der Waals surface area contributed by atoms with Crippen LogP contribution in [0, 0.1) is 5.82 Å². The van der Waals surface area contributed by atoms with E-state index in [9.17, 15) is 19.1 Å². The first-order chi connectivity index (χ1) is 18.4. The van der Waals surface area contributed by atoms with Crippen LogP contribution in [-0.2, 0) is 6.42 Å². The maximum absolute atomic E-state index is 14.4. The molecule has 10 heteroatoms. The van der Waals surface area contributed by atoms with E-state index in [0.29, 0.717) is 54.5 Å². The molecule has 8 nitrogen and oxygen atoms in total. The first-order valence-corrected chi connectivity index (χ1v) is 13.1. The van der Waals surface area contributed by atoms with Crippen molar-refractivity contribution in [2.75, 3.05) is 49.6 Å². The first kappa shape index (κ1) is 25.5. The Morgan fingerprint density at radius 3 is 2.47 bits per heavy atom. The molecule has 4 aromatic rings. The van der Waals surface area contributed by atoms with Crippen molar-refractivity contribution in [1.29, 1.82) is 0 Å². The van der Waals surface area contributed by atoms with Crippen molar-refractivity contribution >= 4 is 44.4 Å². The molecule has 0 aliphatic carbocycles. The Balaban J connectivity index is 1.34. The van der Waals surface area contributed by atoms with E-state index >= 15 is 0 Å². The van der Waals surface area contributed by atoms with Crippen LogP contribution in [0.15, 0.2) is 66.7 Å². The number of carbonyl (C=O) groups excluding carboxylic acids is 1. The van der Waals surface area contributed by atoms with Gasteiger partial charge in [0.15, 0.2) is 5.13 Å². The molecule has 0 unspecified atom stereocenters. The van der Waals surface area contributed by atoms with Crippen LogP contribution in [0.1, 0.15) is 15.9 Å². The monoisotopic (exact) mass is 534 g/mol. The number of fused-ring (bicyclic) bond motifs is 1. The number of benzene rings is 3. The van der Waals surface area contributed by atoms with Crippen LogP contribution in [0.2, 0.25) is 0 Å². The minimum absolute atomic E-state index is 0.183. The third kappa shape index (κ3) is 5.40. The maximum Gasteiger partial charge on any atom is 0.335 e. The topological polar surface area (TPSA) is 86.2 Å². The lowest BCUT2D eigenvalue weighted by Gasteiger charge is -2.38. The van der Waals surface area contributed by atoms with Crippen molar-refractivity contribution in [3.63, 3.8) is 0 Å². The predicted octanol–water partition coefficient (Wildman–Crippen LogP) is 5.13. The molecule has 1 aliphatic heterocycles. The molecule has 1 N–H and O–H groups in total. The molecule has 1 saturated heterocycles. The van der Waals surface area contributed by atoms with Crippen LogP contribution in [0.5, 0.6) is 5.75 Å². The molecule has 0 atom stereocenters. The number of nitrogens with zero attached hydrogens (tertiary/aromatic N) is 4. The van der Waals surface area contributed by atoms with Gasteiger partial charge in [-0.1, -0.05) is 35.6 Å². The molecule has 0 bridgehead atoms. The van der Waals surface area contributed by atoms with Gasteiger partial charge in [0.25, 0.3) is 0 Å². The number of hydrogen-bond acceptors (Lipinski definition) is 6. The number of aromatic nitrogens is 1. The highest BCUT2D eigenvalue weighted by Crippen LogP contribution is 2.32. The van der Waals surface area contributed by atoms with E-state index in [1.165, 1.54) is 17.4 Å². The van der Waals surface area contributed by atoms with E-state index in [0.717, 1.165) is 17.0 Å². The third-order valence-electron chi connectivity index (χ3n) is 6.61. The SMILES string of the molecule is COc1ccc(CCN(C(=O)N2CCN(c3cccc(C(=O)O)c3)CC2)c2nc3cccc(F)c3s2)cc1. The third-order valence-corrected chi connectivity index (χ3v) is 7.71. The van der Waals surface area contributed by atoms with Gasteiger partial charge in [0, 0.05) is 38.4 Å². The molecule has 1 aliphatic rings. The van der Waals surface area contributed by atoms with Gasteiger partial charge in [-0.3, -0.25) is 4.90 Å². The van der Waals surface area contributed by atoms with Crippen LogP contribution in [0.3, 0.4) is 0 Å². The van der Waals surface area contributed by atoms with E-state index < -0.39 is 5.97 Å². The van der Waals surface area contributed by atoms with Gasteiger partial charge in [0.1, 0.15) is 11.6 Å². The van der Waals surface area contributed by atoms with Gasteiger partial charge < -0.3 is 19.6 Å². The Morgan fingerprint density at radius 2 is 1.79 bits per heavy atom. The second kappa shape index (κ2) is 11.1. The second-order valence-electron chi connectivity index (χ2n) is 8.95. The maximum atomic E-state index is 14.4. The number of carboxylic acids is 1. The molecular weight excluding hydrogens is 507 g/mol. The van der Waals surface area contributed by atoms with Gasteiger partial charge in [-0.15, -0.1) is 0 Å². The lowest BCUT2D eigenvalue weighted by Crippen LogP contribution is -2.53. The van der Waals surface area contributed by atoms with E-state index in [1.807, 2.05) is 30.3 Å². The molecule has 2 amide bonds. The number of rotatable bonds is 7. The number of methoxy groups -OCH3 is 1. The molecular formula is C28H27FN4O4S. The number of ether oxygens (including phenoxy) is 1. The number of hydrogen-bond donors (Lipinski definition) is 1. The van der Waals surface area contributed by atoms with Crippen LogP contribution >= 0.6 is 11.3 Å². The molecule has 38 heavy (non-hydrogen) atoms. The van der Waals surface area contributed by atoms with Crippen LogP contribution < -0.4 is 14.5 Å². The molecule has 1 aromatic heterocycles. The Labute approximate surface area is 223 Å². The van der Waals surface area contributed by atoms with Gasteiger partial charge in [0.2, 0.25) is 0 Å². The van der Waals surface area contributed by atoms with Crippen molar-refractivity contribution < 1.29 is 23.8 Å². The minimum Gasteiger partial charge on any atom is -0.497 e. The lowest BCUT2D eigenvalue weighted by molar-refractivity contribution is 0.0697. The molecule has 3 aromatic carbocycles. The average Bonchev–Trinajstić information content (AvgIpc) is 3.39. The van der Waals surface area contributed by atoms with Crippen molar-refractivity contribution in [1.82, 2.24) is 9.88 Å². The van der Waals surface area contributed by atoms with E-state index in [4.69, 9.17) is 4.74 Å². The first-order valence-electron chi connectivity index (χ1n) is 12.3. The minimum atomic E-state index is -0.972. The Bertz CT molecular complexity index is 1450. The van der Waals surface area contributed by atoms with Crippen molar-refractivity contribution in [3.05, 3.63) is 83.7 Å². The van der Waals surface area contributed by atoms with Crippen molar-refractivity contribution in [3.8, 4) is 5.75 Å². The molecule has 1 fully saturated rings. The van der Waals surface area contributed by atoms with Crippen LogP contribution in [0.25, 0.3) is 10.2 Å². The summed E-state index contributed by atoms with van der Waals surface area (Å²) in [6, 6.07) is 19.1. The van der Waals surface area contributed by atoms with Gasteiger partial charge >= 0.3 is 12.0 Å². The summed E-state index contributed by atoms with van der Waals surface area (Å²) in [4.78, 5) is 35.2. The van der Waals surface area contributed by atoms with E-state index in [1.54, 1.807) is 47.2 Å². The van der Waals surface area contributed by atoms with Crippen LogP contribution in [0.4, 0.5) is 20.0 Å². The van der Waals surface area contributed by atoms with Crippen molar-refractivity contribution in [2.24, 2.45) is 0 Å². The number of carboxylic acid groups (broad SMARTS) is 1. The average molecular weight is 535 g/mol. The normalized spacial score (nSPS) is 13.5. The van der Waals surface area contributed by atoms with Gasteiger partial charge in [-0.05, 0) is 54.4 Å². The Kier molecular flexibility index (Phi) is 7.41. The molecule has 196 valence electrons. The van der Waals surface area contributed by atoms with Gasteiger partial charge in [-0.2, -0.15) is 0 Å². The van der Waals surface area contributed by atoms with E-state index in [2.05, 4.69) is 9.88 Å². The smallest absolute Gasteiger partial charge is 0.335 e. The zero-order valence-corrected chi connectivity index (χ0v) is 21.7. The number of anilines is 2. The van der Waals surface area contributed by atoms with E-state index in [-0.39, 0.29) is 17.4 Å². The fraction of sp³-hybridized carbons (Fsp3) is 0.250. The Morgan fingerprint density at radius 1 is 1.05 bits per heavy atom. The summed E-state index contributed by atoms with van der Waals surface area (Å²) < 4.78 is 20.1.